The fraction of sp³-hybridized carbons (Fsp3) is 0.333. The van der Waals surface area contributed by atoms with Gasteiger partial charge in [0.25, 0.3) is 5.91 Å². The molecule has 1 fully saturated rings. The van der Waals surface area contributed by atoms with Gasteiger partial charge in [-0.05, 0) is 49.6 Å². The summed E-state index contributed by atoms with van der Waals surface area (Å²) in [5, 5.41) is 2.40. The summed E-state index contributed by atoms with van der Waals surface area (Å²) in [6, 6.07) is 5.88. The molecule has 2 amide bonds. The third-order valence-electron chi connectivity index (χ3n) is 4.65. The molecule has 6 nitrogen and oxygen atoms in total. The molecule has 0 bridgehead atoms. The van der Waals surface area contributed by atoms with Crippen molar-refractivity contribution in [1.82, 2.24) is 9.88 Å². The summed E-state index contributed by atoms with van der Waals surface area (Å²) in [6.45, 7) is 6.67. The largest absolute Gasteiger partial charge is 0.385 e. The van der Waals surface area contributed by atoms with Crippen LogP contribution in [0.2, 0.25) is 0 Å². The lowest BCUT2D eigenvalue weighted by atomic mass is 10.1. The number of thioether (sulfide) groups is 1. The maximum absolute atomic E-state index is 12.7. The highest BCUT2D eigenvalue weighted by atomic mass is 32.2. The van der Waals surface area contributed by atoms with Crippen molar-refractivity contribution in [1.29, 1.82) is 0 Å². The van der Waals surface area contributed by atoms with Crippen molar-refractivity contribution in [2.75, 3.05) is 25.2 Å². The first-order valence-electron chi connectivity index (χ1n) is 9.39. The van der Waals surface area contributed by atoms with E-state index in [9.17, 15) is 9.59 Å². The van der Waals surface area contributed by atoms with Crippen molar-refractivity contribution < 1.29 is 14.3 Å². The Morgan fingerprint density at radius 2 is 2.10 bits per heavy atom. The van der Waals surface area contributed by atoms with E-state index in [-0.39, 0.29) is 11.8 Å². The van der Waals surface area contributed by atoms with Crippen LogP contribution in [0.15, 0.2) is 28.5 Å². The van der Waals surface area contributed by atoms with Gasteiger partial charge in [-0.25, -0.2) is 4.98 Å². The van der Waals surface area contributed by atoms with Crippen molar-refractivity contribution in [2.45, 2.75) is 27.2 Å². The van der Waals surface area contributed by atoms with Crippen molar-refractivity contribution >= 4 is 68.3 Å². The number of amides is 2. The standard InChI is InChI=1S/C21H23N3O3S3/c1-13-6-7-17(10-14(13)2)24(15(3)25)20-22-16(12-29-20)11-18-19(26)23(21(28)30-18)8-5-9-27-4/h6-7,10-12H,5,8-9H2,1-4H3/b18-11+. The predicted octanol–water partition coefficient (Wildman–Crippen LogP) is 4.68. The molecule has 9 heteroatoms. The lowest BCUT2D eigenvalue weighted by Crippen LogP contribution is -2.29. The van der Waals surface area contributed by atoms with E-state index >= 15 is 0 Å². The van der Waals surface area contributed by atoms with Crippen LogP contribution in [-0.2, 0) is 14.3 Å². The zero-order valence-electron chi connectivity index (χ0n) is 17.3. The van der Waals surface area contributed by atoms with Crippen LogP contribution in [0.5, 0.6) is 0 Å². The molecule has 3 rings (SSSR count). The topological polar surface area (TPSA) is 62.7 Å². The summed E-state index contributed by atoms with van der Waals surface area (Å²) in [7, 11) is 1.63. The van der Waals surface area contributed by atoms with Crippen LogP contribution in [0, 0.1) is 13.8 Å². The number of methoxy groups -OCH3 is 1. The molecule has 1 aliphatic rings. The van der Waals surface area contributed by atoms with Gasteiger partial charge in [0.2, 0.25) is 5.91 Å². The van der Waals surface area contributed by atoms with E-state index in [2.05, 4.69) is 4.98 Å². The number of rotatable bonds is 7. The number of hydrogen-bond acceptors (Lipinski definition) is 7. The van der Waals surface area contributed by atoms with Crippen LogP contribution in [0.1, 0.15) is 30.2 Å². The van der Waals surface area contributed by atoms with E-state index in [0.29, 0.717) is 33.2 Å². The molecule has 1 aliphatic heterocycles. The molecule has 1 saturated heterocycles. The maximum Gasteiger partial charge on any atom is 0.266 e. The van der Waals surface area contributed by atoms with Crippen molar-refractivity contribution in [3.63, 3.8) is 0 Å². The Morgan fingerprint density at radius 3 is 2.77 bits per heavy atom. The molecule has 0 saturated carbocycles. The molecule has 0 radical (unpaired) electrons. The van der Waals surface area contributed by atoms with Gasteiger partial charge in [-0.3, -0.25) is 19.4 Å². The van der Waals surface area contributed by atoms with E-state index in [4.69, 9.17) is 17.0 Å². The average molecular weight is 462 g/mol. The van der Waals surface area contributed by atoms with Crippen LogP contribution >= 0.6 is 35.3 Å². The summed E-state index contributed by atoms with van der Waals surface area (Å²) in [4.78, 5) is 33.3. The minimum absolute atomic E-state index is 0.117. The fourth-order valence-corrected chi connectivity index (χ4v) is 5.07. The smallest absolute Gasteiger partial charge is 0.266 e. The molecular formula is C21H23N3O3S3. The minimum atomic E-state index is -0.122. The highest BCUT2D eigenvalue weighted by Crippen LogP contribution is 2.35. The Balaban J connectivity index is 1.82. The molecule has 0 atom stereocenters. The normalized spacial score (nSPS) is 15.3. The van der Waals surface area contributed by atoms with Crippen LogP contribution in [-0.4, -0.2) is 46.3 Å². The van der Waals surface area contributed by atoms with Crippen molar-refractivity contribution in [2.24, 2.45) is 0 Å². The Bertz CT molecular complexity index is 1020. The quantitative estimate of drug-likeness (QED) is 0.339. The number of aryl methyl sites for hydroxylation is 2. The summed E-state index contributed by atoms with van der Waals surface area (Å²) < 4.78 is 5.59. The van der Waals surface area contributed by atoms with Gasteiger partial charge >= 0.3 is 0 Å². The first kappa shape index (κ1) is 22.6. The van der Waals surface area contributed by atoms with Crippen molar-refractivity contribution in [3.05, 3.63) is 45.3 Å². The highest BCUT2D eigenvalue weighted by Gasteiger charge is 2.31. The van der Waals surface area contributed by atoms with Gasteiger partial charge in [0, 0.05) is 32.6 Å². The van der Waals surface area contributed by atoms with E-state index in [0.717, 1.165) is 23.2 Å². The van der Waals surface area contributed by atoms with Gasteiger partial charge in [-0.15, -0.1) is 11.3 Å². The van der Waals surface area contributed by atoms with Gasteiger partial charge in [-0.1, -0.05) is 30.0 Å². The molecule has 0 unspecified atom stereocenters. The molecule has 0 aliphatic carbocycles. The molecule has 0 N–H and O–H groups in total. The summed E-state index contributed by atoms with van der Waals surface area (Å²) in [5.41, 5.74) is 3.67. The second-order valence-corrected chi connectivity index (χ2v) is 9.37. The molecule has 2 aromatic rings. The number of carbonyl (C=O) groups is 2. The number of ether oxygens (including phenoxy) is 1. The molecule has 1 aromatic heterocycles. The van der Waals surface area contributed by atoms with Gasteiger partial charge in [0.15, 0.2) is 5.13 Å². The summed E-state index contributed by atoms with van der Waals surface area (Å²) >= 11 is 7.97. The molecule has 0 spiro atoms. The first-order chi connectivity index (χ1) is 14.3. The number of nitrogens with zero attached hydrogens (tertiary/aromatic N) is 3. The van der Waals surface area contributed by atoms with Crippen LogP contribution < -0.4 is 4.90 Å². The second kappa shape index (κ2) is 9.82. The second-order valence-electron chi connectivity index (χ2n) is 6.86. The number of aromatic nitrogens is 1. The van der Waals surface area contributed by atoms with E-state index in [1.807, 2.05) is 37.4 Å². The molecular weight excluding hydrogens is 438 g/mol. The van der Waals surface area contributed by atoms with E-state index < -0.39 is 0 Å². The van der Waals surface area contributed by atoms with Gasteiger partial charge < -0.3 is 4.74 Å². The predicted molar refractivity (Wildman–Crippen MR) is 127 cm³/mol. The Hall–Kier alpha value is -2.07. The fourth-order valence-electron chi connectivity index (χ4n) is 2.93. The van der Waals surface area contributed by atoms with E-state index in [1.165, 1.54) is 30.0 Å². The van der Waals surface area contributed by atoms with Gasteiger partial charge in [0.05, 0.1) is 16.3 Å². The van der Waals surface area contributed by atoms with Crippen molar-refractivity contribution in [3.8, 4) is 0 Å². The Kier molecular flexibility index (Phi) is 7.41. The molecule has 158 valence electrons. The van der Waals surface area contributed by atoms with Gasteiger partial charge in [0.1, 0.15) is 4.32 Å². The monoisotopic (exact) mass is 461 g/mol. The lowest BCUT2D eigenvalue weighted by Gasteiger charge is -2.19. The van der Waals surface area contributed by atoms with Gasteiger partial charge in [-0.2, -0.15) is 0 Å². The maximum atomic E-state index is 12.7. The number of hydrogen-bond donors (Lipinski definition) is 0. The molecule has 1 aromatic carbocycles. The lowest BCUT2D eigenvalue weighted by molar-refractivity contribution is -0.122. The third kappa shape index (κ3) is 4.97. The first-order valence-corrected chi connectivity index (χ1v) is 11.5. The zero-order valence-corrected chi connectivity index (χ0v) is 19.7. The number of anilines is 2. The number of benzene rings is 1. The Labute approximate surface area is 189 Å². The van der Waals surface area contributed by atoms with Crippen LogP contribution in [0.25, 0.3) is 6.08 Å². The molecule has 2 heterocycles. The number of thiocarbonyl (C=S) groups is 1. The SMILES string of the molecule is COCCCN1C(=O)/C(=C\c2csc(N(C(C)=O)c3ccc(C)c(C)c3)n2)SC1=S. The van der Waals surface area contributed by atoms with E-state index in [1.54, 1.807) is 23.0 Å². The average Bonchev–Trinajstić information content (AvgIpc) is 3.24. The molecule has 30 heavy (non-hydrogen) atoms. The third-order valence-corrected chi connectivity index (χ3v) is 6.87. The van der Waals surface area contributed by atoms with Crippen LogP contribution in [0.4, 0.5) is 10.8 Å². The zero-order chi connectivity index (χ0) is 21.8. The minimum Gasteiger partial charge on any atom is -0.385 e. The highest BCUT2D eigenvalue weighted by molar-refractivity contribution is 8.26. The Morgan fingerprint density at radius 1 is 1.33 bits per heavy atom. The van der Waals surface area contributed by atoms with Crippen LogP contribution in [0.3, 0.4) is 0 Å². The number of carbonyl (C=O) groups excluding carboxylic acids is 2. The number of thiazole rings is 1. The summed E-state index contributed by atoms with van der Waals surface area (Å²) in [5.74, 6) is -0.239. The summed E-state index contributed by atoms with van der Waals surface area (Å²) in [6.07, 6.45) is 2.45.